The fourth-order valence-electron chi connectivity index (χ4n) is 1.24. The molecule has 1 atom stereocenters. The lowest BCUT2D eigenvalue weighted by atomic mass is 10.0. The van der Waals surface area contributed by atoms with Crippen molar-refractivity contribution in [2.24, 2.45) is 5.73 Å². The van der Waals surface area contributed by atoms with Crippen LogP contribution in [0.25, 0.3) is 11.5 Å². The zero-order chi connectivity index (χ0) is 14.3. The van der Waals surface area contributed by atoms with Crippen LogP contribution in [0.5, 0.6) is 0 Å². The molecular weight excluding hydrogens is 263 g/mol. The summed E-state index contributed by atoms with van der Waals surface area (Å²) in [5, 5.41) is 3.45. The Morgan fingerprint density at radius 2 is 1.95 bits per heavy atom. The van der Waals surface area contributed by atoms with Gasteiger partial charge in [0.25, 0.3) is 5.89 Å². The predicted octanol–water partition coefficient (Wildman–Crippen LogP) is 1.57. The van der Waals surface area contributed by atoms with E-state index in [4.69, 9.17) is 5.73 Å². The first-order chi connectivity index (χ1) is 8.72. The summed E-state index contributed by atoms with van der Waals surface area (Å²) in [5.41, 5.74) is 2.74. The summed E-state index contributed by atoms with van der Waals surface area (Å²) >= 11 is 0. The second kappa shape index (κ2) is 4.26. The molecule has 2 N–H and O–H groups in total. The molecule has 9 heteroatoms. The van der Waals surface area contributed by atoms with E-state index < -0.39 is 17.6 Å². The van der Waals surface area contributed by atoms with Gasteiger partial charge in [-0.05, 0) is 19.9 Å². The van der Waals surface area contributed by atoms with Crippen molar-refractivity contribution >= 4 is 0 Å². The van der Waals surface area contributed by atoms with E-state index in [0.717, 1.165) is 6.92 Å². The Morgan fingerprint density at radius 1 is 1.26 bits per heavy atom. The van der Waals surface area contributed by atoms with Crippen LogP contribution in [0.2, 0.25) is 0 Å². The van der Waals surface area contributed by atoms with Crippen LogP contribution in [0.1, 0.15) is 18.6 Å². The highest BCUT2D eigenvalue weighted by molar-refractivity contribution is 5.47. The first kappa shape index (κ1) is 13.4. The molecule has 102 valence electrons. The number of hydrogen-bond donors (Lipinski definition) is 1. The molecule has 2 aromatic rings. The highest BCUT2D eigenvalue weighted by Gasteiger charge is 2.53. The zero-order valence-corrected chi connectivity index (χ0v) is 10.1. The molecule has 2 heterocycles. The number of alkyl halides is 3. The second-order valence-electron chi connectivity index (χ2n) is 4.11. The third-order valence-electron chi connectivity index (χ3n) is 2.46. The van der Waals surface area contributed by atoms with E-state index in [-0.39, 0.29) is 11.5 Å². The fourth-order valence-corrected chi connectivity index (χ4v) is 1.24. The topological polar surface area (TPSA) is 90.7 Å². The van der Waals surface area contributed by atoms with Crippen molar-refractivity contribution in [1.82, 2.24) is 20.1 Å². The second-order valence-corrected chi connectivity index (χ2v) is 4.11. The molecule has 0 aromatic carbocycles. The molecule has 0 spiro atoms. The van der Waals surface area contributed by atoms with Crippen LogP contribution in [0.3, 0.4) is 0 Å². The number of hydrogen-bond acceptors (Lipinski definition) is 6. The van der Waals surface area contributed by atoms with E-state index in [1.54, 1.807) is 6.92 Å². The average Bonchev–Trinajstić information content (AvgIpc) is 2.77. The van der Waals surface area contributed by atoms with Crippen molar-refractivity contribution in [3.63, 3.8) is 0 Å². The molecule has 0 amide bonds. The lowest BCUT2D eigenvalue weighted by Gasteiger charge is -2.22. The summed E-state index contributed by atoms with van der Waals surface area (Å²) in [6.07, 6.45) is -3.25. The van der Waals surface area contributed by atoms with Gasteiger partial charge in [-0.1, -0.05) is 5.16 Å². The highest BCUT2D eigenvalue weighted by atomic mass is 19.4. The van der Waals surface area contributed by atoms with E-state index >= 15 is 0 Å². The van der Waals surface area contributed by atoms with Gasteiger partial charge in [0.15, 0.2) is 5.54 Å². The Bertz CT molecular complexity index is 593. The maximum absolute atomic E-state index is 12.7. The number of nitrogens with two attached hydrogens (primary N) is 1. The molecule has 0 bridgehead atoms. The maximum atomic E-state index is 12.7. The van der Waals surface area contributed by atoms with E-state index in [2.05, 4.69) is 24.6 Å². The molecule has 2 aromatic heterocycles. The molecule has 6 nitrogen and oxygen atoms in total. The van der Waals surface area contributed by atoms with Gasteiger partial charge in [0, 0.05) is 6.20 Å². The summed E-state index contributed by atoms with van der Waals surface area (Å²) in [6, 6.07) is 1.46. The largest absolute Gasteiger partial charge is 0.415 e. The van der Waals surface area contributed by atoms with Crippen molar-refractivity contribution in [1.29, 1.82) is 0 Å². The van der Waals surface area contributed by atoms with Crippen LogP contribution in [0.4, 0.5) is 13.2 Å². The molecular formula is C10H10F3N5O. The third-order valence-corrected chi connectivity index (χ3v) is 2.46. The predicted molar refractivity (Wildman–Crippen MR) is 57.7 cm³/mol. The third kappa shape index (κ3) is 2.41. The van der Waals surface area contributed by atoms with Gasteiger partial charge in [0.05, 0.1) is 0 Å². The normalized spacial score (nSPS) is 15.3. The lowest BCUT2D eigenvalue weighted by Crippen LogP contribution is -2.47. The van der Waals surface area contributed by atoms with Crippen molar-refractivity contribution in [3.8, 4) is 11.5 Å². The first-order valence-corrected chi connectivity index (χ1v) is 5.21. The van der Waals surface area contributed by atoms with E-state index in [1.807, 2.05) is 0 Å². The Labute approximate surface area is 105 Å². The fraction of sp³-hybridized carbons (Fsp3) is 0.400. The summed E-state index contributed by atoms with van der Waals surface area (Å²) in [5.74, 6) is -0.345. The van der Waals surface area contributed by atoms with Gasteiger partial charge in [-0.3, -0.25) is 0 Å². The minimum Gasteiger partial charge on any atom is -0.336 e. The van der Waals surface area contributed by atoms with Crippen LogP contribution >= 0.6 is 0 Å². The molecule has 0 saturated heterocycles. The number of nitrogens with zero attached hydrogens (tertiary/aromatic N) is 4. The zero-order valence-electron chi connectivity index (χ0n) is 10.1. The first-order valence-electron chi connectivity index (χ1n) is 5.21. The van der Waals surface area contributed by atoms with Crippen LogP contribution < -0.4 is 5.73 Å². The van der Waals surface area contributed by atoms with Crippen molar-refractivity contribution in [2.75, 3.05) is 0 Å². The molecule has 0 radical (unpaired) electrons. The smallest absolute Gasteiger partial charge is 0.336 e. The number of aryl methyl sites for hydroxylation is 1. The van der Waals surface area contributed by atoms with Crippen LogP contribution in [0.15, 0.2) is 16.8 Å². The minimum absolute atomic E-state index is 0.0681. The van der Waals surface area contributed by atoms with Gasteiger partial charge in [-0.2, -0.15) is 18.2 Å². The minimum atomic E-state index is -4.70. The van der Waals surface area contributed by atoms with Gasteiger partial charge >= 0.3 is 6.18 Å². The van der Waals surface area contributed by atoms with E-state index in [0.29, 0.717) is 5.82 Å². The lowest BCUT2D eigenvalue weighted by molar-refractivity contribution is -0.190. The van der Waals surface area contributed by atoms with E-state index in [9.17, 15) is 13.2 Å². The van der Waals surface area contributed by atoms with Crippen LogP contribution in [0, 0.1) is 6.92 Å². The van der Waals surface area contributed by atoms with Crippen LogP contribution in [-0.4, -0.2) is 26.3 Å². The summed E-state index contributed by atoms with van der Waals surface area (Å²) in [7, 11) is 0. The van der Waals surface area contributed by atoms with Crippen molar-refractivity contribution in [2.45, 2.75) is 25.6 Å². The Hall–Kier alpha value is -2.03. The highest BCUT2D eigenvalue weighted by Crippen LogP contribution is 2.35. The van der Waals surface area contributed by atoms with Gasteiger partial charge in [0.2, 0.25) is 5.82 Å². The van der Waals surface area contributed by atoms with Crippen molar-refractivity contribution in [3.05, 3.63) is 24.0 Å². The summed E-state index contributed by atoms with van der Waals surface area (Å²) < 4.78 is 42.7. The van der Waals surface area contributed by atoms with Gasteiger partial charge in [-0.25, -0.2) is 9.97 Å². The molecule has 0 saturated carbocycles. The summed E-state index contributed by atoms with van der Waals surface area (Å²) in [4.78, 5) is 11.5. The molecule has 0 aliphatic heterocycles. The molecule has 0 fully saturated rings. The number of aromatic nitrogens is 4. The summed E-state index contributed by atoms with van der Waals surface area (Å²) in [6.45, 7) is 2.39. The monoisotopic (exact) mass is 273 g/mol. The molecule has 1 unspecified atom stereocenters. The van der Waals surface area contributed by atoms with Gasteiger partial charge < -0.3 is 10.3 Å². The average molecular weight is 273 g/mol. The van der Waals surface area contributed by atoms with E-state index in [1.165, 1.54) is 12.3 Å². The number of halogens is 3. The van der Waals surface area contributed by atoms with Crippen molar-refractivity contribution < 1.29 is 17.7 Å². The molecule has 2 rings (SSSR count). The SMILES string of the molecule is Cc1nccc(-c2noc(C(C)(N)C(F)(F)F)n2)n1. The van der Waals surface area contributed by atoms with Gasteiger partial charge in [0.1, 0.15) is 11.5 Å². The molecule has 0 aliphatic rings. The Kier molecular flexibility index (Phi) is 3.01. The number of rotatable bonds is 2. The Morgan fingerprint density at radius 3 is 2.53 bits per heavy atom. The maximum Gasteiger partial charge on any atom is 0.415 e. The Balaban J connectivity index is 2.40. The van der Waals surface area contributed by atoms with Crippen LogP contribution in [-0.2, 0) is 5.54 Å². The molecule has 19 heavy (non-hydrogen) atoms. The quantitative estimate of drug-likeness (QED) is 0.893. The molecule has 0 aliphatic carbocycles. The standard InChI is InChI=1S/C10H10F3N5O/c1-5-15-4-3-6(16-5)7-17-8(19-18-7)9(2,14)10(11,12)13/h3-4H,14H2,1-2H3. The van der Waals surface area contributed by atoms with Gasteiger partial charge in [-0.15, -0.1) is 0 Å².